The monoisotopic (exact) mass is 128 g/mol. The molecule has 2 saturated heterocycles. The number of ether oxygens (including phenoxy) is 2. The van der Waals surface area contributed by atoms with Gasteiger partial charge >= 0.3 is 0 Å². The largest absolute Gasteiger partial charge is 0.349 e. The Hall–Kier alpha value is -0.410. The molecule has 0 spiro atoms. The van der Waals surface area contributed by atoms with E-state index in [9.17, 15) is 4.79 Å². The fraction of sp³-hybridized carbons (Fsp3) is 0.833. The topological polar surface area (TPSA) is 35.5 Å². The molecule has 3 heteroatoms. The van der Waals surface area contributed by atoms with E-state index in [1.807, 2.05) is 0 Å². The highest BCUT2D eigenvalue weighted by atomic mass is 16.7. The highest BCUT2D eigenvalue weighted by Crippen LogP contribution is 2.23. The van der Waals surface area contributed by atoms with Crippen molar-refractivity contribution in [1.29, 1.82) is 0 Å². The third-order valence-corrected chi connectivity index (χ3v) is 1.74. The van der Waals surface area contributed by atoms with Gasteiger partial charge in [0.05, 0.1) is 6.61 Å². The van der Waals surface area contributed by atoms with Crippen LogP contribution in [0.1, 0.15) is 12.8 Å². The van der Waals surface area contributed by atoms with Crippen LogP contribution in [0.4, 0.5) is 0 Å². The number of hydrogen-bond donors (Lipinski definition) is 0. The molecule has 0 aromatic heterocycles. The zero-order valence-electron chi connectivity index (χ0n) is 5.00. The SMILES string of the molecule is O=C1CCC2OCC1O2. The van der Waals surface area contributed by atoms with E-state index in [-0.39, 0.29) is 18.2 Å². The molecule has 2 rings (SSSR count). The normalized spacial score (nSPS) is 41.6. The van der Waals surface area contributed by atoms with E-state index in [1.54, 1.807) is 0 Å². The Kier molecular flexibility index (Phi) is 1.07. The average Bonchev–Trinajstić information content (AvgIpc) is 2.25. The van der Waals surface area contributed by atoms with Crippen LogP contribution in [0.5, 0.6) is 0 Å². The summed E-state index contributed by atoms with van der Waals surface area (Å²) in [7, 11) is 0. The van der Waals surface area contributed by atoms with E-state index in [1.165, 1.54) is 0 Å². The van der Waals surface area contributed by atoms with Crippen LogP contribution in [0.25, 0.3) is 0 Å². The van der Waals surface area contributed by atoms with Gasteiger partial charge in [-0.1, -0.05) is 0 Å². The number of hydrogen-bond acceptors (Lipinski definition) is 3. The molecule has 0 saturated carbocycles. The summed E-state index contributed by atoms with van der Waals surface area (Å²) in [6.07, 6.45) is 1.07. The van der Waals surface area contributed by atoms with Crippen LogP contribution in [0.3, 0.4) is 0 Å². The van der Waals surface area contributed by atoms with Crippen LogP contribution in [0, 0.1) is 0 Å². The van der Waals surface area contributed by atoms with Gasteiger partial charge in [0.15, 0.2) is 12.1 Å². The molecule has 2 bridgehead atoms. The maximum atomic E-state index is 10.8. The Bertz CT molecular complexity index is 143. The molecule has 0 aliphatic carbocycles. The summed E-state index contributed by atoms with van der Waals surface area (Å²) in [5, 5.41) is 0. The van der Waals surface area contributed by atoms with Gasteiger partial charge in [0.25, 0.3) is 0 Å². The van der Waals surface area contributed by atoms with Gasteiger partial charge in [-0.3, -0.25) is 4.79 Å². The quantitative estimate of drug-likeness (QED) is 0.464. The van der Waals surface area contributed by atoms with Crippen molar-refractivity contribution in [3.05, 3.63) is 0 Å². The number of rotatable bonds is 0. The lowest BCUT2D eigenvalue weighted by atomic mass is 10.1. The molecule has 2 unspecified atom stereocenters. The first-order valence-electron chi connectivity index (χ1n) is 3.16. The number of ketones is 1. The predicted molar refractivity (Wildman–Crippen MR) is 28.9 cm³/mol. The molecule has 0 aromatic carbocycles. The van der Waals surface area contributed by atoms with E-state index in [2.05, 4.69) is 0 Å². The number of Topliss-reactive ketones (excluding diaryl/α,β-unsaturated/α-hetero) is 1. The summed E-state index contributed by atoms with van der Waals surface area (Å²) in [5.41, 5.74) is 0. The number of carbonyl (C=O) groups is 1. The van der Waals surface area contributed by atoms with Crippen LogP contribution in [-0.2, 0) is 14.3 Å². The van der Waals surface area contributed by atoms with Gasteiger partial charge in [-0.15, -0.1) is 0 Å². The maximum Gasteiger partial charge on any atom is 0.164 e. The van der Waals surface area contributed by atoms with E-state index in [4.69, 9.17) is 9.47 Å². The molecular weight excluding hydrogens is 120 g/mol. The number of fused-ring (bicyclic) bond motifs is 2. The third-order valence-electron chi connectivity index (χ3n) is 1.74. The smallest absolute Gasteiger partial charge is 0.164 e. The van der Waals surface area contributed by atoms with Crippen LogP contribution < -0.4 is 0 Å². The lowest BCUT2D eigenvalue weighted by Crippen LogP contribution is -2.28. The fourth-order valence-corrected chi connectivity index (χ4v) is 1.20. The Balaban J connectivity index is 2.14. The van der Waals surface area contributed by atoms with Gasteiger partial charge in [-0.05, 0) is 0 Å². The van der Waals surface area contributed by atoms with Crippen LogP contribution >= 0.6 is 0 Å². The molecule has 2 aliphatic rings. The highest BCUT2D eigenvalue weighted by Gasteiger charge is 2.35. The zero-order chi connectivity index (χ0) is 6.27. The molecule has 3 nitrogen and oxygen atoms in total. The second-order valence-electron chi connectivity index (χ2n) is 2.39. The minimum Gasteiger partial charge on any atom is -0.349 e. The first kappa shape index (κ1) is 5.38. The third kappa shape index (κ3) is 0.767. The van der Waals surface area contributed by atoms with Gasteiger partial charge in [0.1, 0.15) is 6.10 Å². The Morgan fingerprint density at radius 3 is 3.22 bits per heavy atom. The van der Waals surface area contributed by atoms with E-state index in [0.717, 1.165) is 6.42 Å². The standard InChI is InChI=1S/C6H8O3/c7-4-1-2-6-8-3-5(4)9-6/h5-6H,1-3H2. The Labute approximate surface area is 52.9 Å². The number of carbonyl (C=O) groups excluding carboxylic acids is 1. The van der Waals surface area contributed by atoms with Crippen molar-refractivity contribution in [1.82, 2.24) is 0 Å². The second kappa shape index (κ2) is 1.78. The van der Waals surface area contributed by atoms with E-state index >= 15 is 0 Å². The minimum absolute atomic E-state index is 0.0762. The summed E-state index contributed by atoms with van der Waals surface area (Å²) in [4.78, 5) is 10.8. The maximum absolute atomic E-state index is 10.8. The van der Waals surface area contributed by atoms with Gasteiger partial charge < -0.3 is 9.47 Å². The molecule has 0 amide bonds. The fourth-order valence-electron chi connectivity index (χ4n) is 1.20. The molecule has 50 valence electrons. The summed E-state index contributed by atoms with van der Waals surface area (Å²) in [6, 6.07) is 0. The zero-order valence-corrected chi connectivity index (χ0v) is 5.00. The lowest BCUT2D eigenvalue weighted by molar-refractivity contribution is -0.141. The molecule has 2 heterocycles. The van der Waals surface area contributed by atoms with Crippen molar-refractivity contribution in [2.24, 2.45) is 0 Å². The first-order valence-corrected chi connectivity index (χ1v) is 3.16. The van der Waals surface area contributed by atoms with E-state index < -0.39 is 0 Å². The molecule has 2 atom stereocenters. The van der Waals surface area contributed by atoms with Crippen molar-refractivity contribution < 1.29 is 14.3 Å². The summed E-state index contributed by atoms with van der Waals surface area (Å²) in [5.74, 6) is 0.198. The first-order chi connectivity index (χ1) is 4.36. The molecule has 0 aromatic rings. The summed E-state index contributed by atoms with van der Waals surface area (Å²) < 4.78 is 10.2. The summed E-state index contributed by atoms with van der Waals surface area (Å²) >= 11 is 0. The molecule has 2 aliphatic heterocycles. The Morgan fingerprint density at radius 1 is 1.56 bits per heavy atom. The van der Waals surface area contributed by atoms with Crippen LogP contribution in [0.15, 0.2) is 0 Å². The van der Waals surface area contributed by atoms with Gasteiger partial charge in [0.2, 0.25) is 0 Å². The van der Waals surface area contributed by atoms with Gasteiger partial charge in [0, 0.05) is 12.8 Å². The van der Waals surface area contributed by atoms with E-state index in [0.29, 0.717) is 13.0 Å². The average molecular weight is 128 g/mol. The summed E-state index contributed by atoms with van der Waals surface area (Å²) in [6.45, 7) is 0.476. The molecule has 2 fully saturated rings. The lowest BCUT2D eigenvalue weighted by Gasteiger charge is -2.15. The molecular formula is C6H8O3. The highest BCUT2D eigenvalue weighted by molar-refractivity contribution is 5.84. The van der Waals surface area contributed by atoms with Gasteiger partial charge in [-0.2, -0.15) is 0 Å². The van der Waals surface area contributed by atoms with Crippen molar-refractivity contribution in [2.75, 3.05) is 6.61 Å². The second-order valence-corrected chi connectivity index (χ2v) is 2.39. The van der Waals surface area contributed by atoms with Crippen LogP contribution in [0.2, 0.25) is 0 Å². The van der Waals surface area contributed by atoms with Crippen LogP contribution in [-0.4, -0.2) is 24.8 Å². The minimum atomic E-state index is -0.233. The molecule has 9 heavy (non-hydrogen) atoms. The molecule has 0 N–H and O–H groups in total. The Morgan fingerprint density at radius 2 is 2.44 bits per heavy atom. The predicted octanol–water partition coefficient (Wildman–Crippen LogP) is 0.0908. The van der Waals surface area contributed by atoms with Gasteiger partial charge in [-0.25, -0.2) is 0 Å². The van der Waals surface area contributed by atoms with Crippen molar-refractivity contribution >= 4 is 5.78 Å². The molecule has 0 radical (unpaired) electrons. The van der Waals surface area contributed by atoms with Crippen molar-refractivity contribution in [3.63, 3.8) is 0 Å². The van der Waals surface area contributed by atoms with Crippen molar-refractivity contribution in [3.8, 4) is 0 Å². The van der Waals surface area contributed by atoms with Crippen molar-refractivity contribution in [2.45, 2.75) is 25.2 Å².